The second-order valence-corrected chi connectivity index (χ2v) is 18.7. The molecule has 0 saturated heterocycles. The number of hydrogen-bond acceptors (Lipinski definition) is 6. The molecule has 2 atom stereocenters. The lowest BCUT2D eigenvalue weighted by Crippen LogP contribution is -2.48. The summed E-state index contributed by atoms with van der Waals surface area (Å²) in [6.45, 7) is 17.0. The average molecular weight is 506 g/mol. The van der Waals surface area contributed by atoms with Crippen LogP contribution in [0.2, 0.25) is 38.8 Å². The largest absolute Gasteiger partial charge is 0.508 e. The Kier molecular flexibility index (Phi) is 9.44. The molecule has 0 spiro atoms. The van der Waals surface area contributed by atoms with Crippen molar-refractivity contribution in [3.8, 4) is 17.2 Å². The van der Waals surface area contributed by atoms with E-state index in [1.54, 1.807) is 6.07 Å². The molecule has 182 valence electrons. The number of aromatic hydroxyl groups is 2. The maximum atomic E-state index is 11.0. The zero-order valence-corrected chi connectivity index (χ0v) is 24.6. The van der Waals surface area contributed by atoms with Gasteiger partial charge in [0, 0.05) is 11.6 Å². The minimum atomic E-state index is -2.28. The van der Waals surface area contributed by atoms with Gasteiger partial charge in [-0.05, 0) is 62.8 Å². The fraction of sp³-hybridized carbons (Fsp3) is 0.478. The number of phenols is 2. The summed E-state index contributed by atoms with van der Waals surface area (Å²) in [4.78, 5) is 1.38. The van der Waals surface area contributed by atoms with Gasteiger partial charge in [0.25, 0.3) is 0 Å². The first-order chi connectivity index (χ1) is 15.5. The van der Waals surface area contributed by atoms with E-state index in [1.165, 1.54) is 10.9 Å². The van der Waals surface area contributed by atoms with Gasteiger partial charge in [-0.15, -0.1) is 15.0 Å². The average Bonchev–Trinajstić information content (AvgIpc) is 3.14. The van der Waals surface area contributed by atoms with Gasteiger partial charge in [0.05, 0.1) is 0 Å². The Balaban J connectivity index is 0.00000187. The Morgan fingerprint density at radius 1 is 1.03 bits per heavy atom. The van der Waals surface area contributed by atoms with Crippen LogP contribution in [-0.2, 0) is 14.7 Å². The molecule has 0 saturated carbocycles. The predicted molar refractivity (Wildman–Crippen MR) is 143 cm³/mol. The van der Waals surface area contributed by atoms with Crippen LogP contribution in [0.25, 0.3) is 16.7 Å². The van der Waals surface area contributed by atoms with E-state index in [2.05, 4.69) is 49.9 Å². The van der Waals surface area contributed by atoms with E-state index in [-0.39, 0.29) is 17.4 Å². The number of nitrogens with zero attached hydrogens (tertiary/aromatic N) is 3. The molecule has 7 nitrogen and oxygen atoms in total. The molecule has 2 unspecified atom stereocenters. The zero-order chi connectivity index (χ0) is 24.8. The normalized spacial score (nSPS) is 14.8. The lowest BCUT2D eigenvalue weighted by atomic mass is 10.0. The molecule has 0 aliphatic heterocycles. The van der Waals surface area contributed by atoms with Gasteiger partial charge in [0.2, 0.25) is 0 Å². The first kappa shape index (κ1) is 27.3. The molecule has 0 bridgehead atoms. The molecule has 0 amide bonds. The fourth-order valence-corrected chi connectivity index (χ4v) is 14.7. The summed E-state index contributed by atoms with van der Waals surface area (Å²) in [7, 11) is -4.60. The van der Waals surface area contributed by atoms with Crippen molar-refractivity contribution < 1.29 is 18.4 Å². The third-order valence-electron chi connectivity index (χ3n) is 4.91. The lowest BCUT2D eigenvalue weighted by molar-refractivity contribution is 0.381. The van der Waals surface area contributed by atoms with Crippen molar-refractivity contribution in [2.24, 2.45) is 5.92 Å². The van der Waals surface area contributed by atoms with Gasteiger partial charge >= 0.3 is 8.56 Å². The summed E-state index contributed by atoms with van der Waals surface area (Å²) in [5.74, 6) is 0.385. The van der Waals surface area contributed by atoms with Crippen molar-refractivity contribution in [3.05, 3.63) is 42.0 Å². The van der Waals surface area contributed by atoms with Crippen LogP contribution in [-0.4, -0.2) is 51.8 Å². The highest BCUT2D eigenvalue weighted by atomic mass is 28.5. The van der Waals surface area contributed by atoms with Crippen molar-refractivity contribution >= 4 is 37.7 Å². The molecule has 2 N–H and O–H groups in total. The van der Waals surface area contributed by atoms with Crippen molar-refractivity contribution in [1.82, 2.24) is 15.0 Å². The Morgan fingerprint density at radius 2 is 1.61 bits per heavy atom. The van der Waals surface area contributed by atoms with Crippen LogP contribution < -0.4 is 0 Å². The van der Waals surface area contributed by atoms with E-state index in [0.717, 1.165) is 17.1 Å². The Morgan fingerprint density at radius 3 is 2.12 bits per heavy atom. The number of fused-ring (bicyclic) bond motifs is 1. The van der Waals surface area contributed by atoms with E-state index in [0.29, 0.717) is 17.7 Å². The summed E-state index contributed by atoms with van der Waals surface area (Å²) in [5, 5.41) is 30.2. The molecule has 0 aliphatic rings. The number of phenolic OH excluding ortho intramolecular Hbond substituents is 2. The Labute approximate surface area is 202 Å². The summed E-state index contributed by atoms with van der Waals surface area (Å²) in [5.41, 5.74) is 2.49. The minimum Gasteiger partial charge on any atom is -0.508 e. The summed E-state index contributed by atoms with van der Waals surface area (Å²) in [6, 6.07) is 11.5. The molecule has 3 aromatic rings. The molecule has 3 rings (SSSR count). The molecule has 1 aromatic heterocycles. The van der Waals surface area contributed by atoms with E-state index in [1.807, 2.05) is 38.1 Å². The predicted octanol–water partition coefficient (Wildman–Crippen LogP) is 5.11. The summed E-state index contributed by atoms with van der Waals surface area (Å²) >= 11 is 0. The van der Waals surface area contributed by atoms with E-state index in [9.17, 15) is 10.2 Å². The molecular weight excluding hydrogens is 467 g/mol. The second-order valence-electron chi connectivity index (χ2n) is 9.25. The number of hydrogen-bond donors (Lipinski definition) is 2. The molecule has 0 radical (unpaired) electrons. The van der Waals surface area contributed by atoms with Gasteiger partial charge in [-0.25, -0.2) is 0 Å². The highest BCUT2D eigenvalue weighted by molar-refractivity contribution is 6.83. The first-order valence-electron chi connectivity index (χ1n) is 11.7. The zero-order valence-electron chi connectivity index (χ0n) is 21.2. The monoisotopic (exact) mass is 505 g/mol. The standard InChI is InChI=1S/C21H33N3O4Si3.C2H6/c1-15(14-31(6,27-29-2)28-30(3,4)5)11-16-12-17(25)13-20(21(16)26)24-22-18-9-7-8-10-19(18)23-24;1-2/h7-10,12-13,15,25-26H,11,14,29H2,1-6H3;1-2H3. The van der Waals surface area contributed by atoms with Gasteiger partial charge in [-0.1, -0.05) is 39.5 Å². The van der Waals surface area contributed by atoms with Gasteiger partial charge in [-0.3, -0.25) is 0 Å². The van der Waals surface area contributed by atoms with Crippen LogP contribution in [0.3, 0.4) is 0 Å². The SMILES string of the molecule is CC.C[SiH2]O[Si](C)(CC(C)Cc1cc(O)cc(-n2nc3ccccc3n2)c1O)O[Si](C)(C)C. The molecule has 33 heavy (non-hydrogen) atoms. The van der Waals surface area contributed by atoms with Crippen LogP contribution in [0, 0.1) is 5.92 Å². The third-order valence-corrected chi connectivity index (χ3v) is 14.1. The summed E-state index contributed by atoms with van der Waals surface area (Å²) in [6.07, 6.45) is 0.598. The van der Waals surface area contributed by atoms with Crippen molar-refractivity contribution in [2.45, 2.75) is 66.0 Å². The minimum absolute atomic E-state index is 0.0759. The Bertz CT molecular complexity index is 1020. The van der Waals surface area contributed by atoms with Crippen molar-refractivity contribution in [3.63, 3.8) is 0 Å². The van der Waals surface area contributed by atoms with Crippen LogP contribution in [0.15, 0.2) is 36.4 Å². The number of rotatable bonds is 9. The number of aromatic nitrogens is 3. The van der Waals surface area contributed by atoms with Crippen LogP contribution in [0.5, 0.6) is 11.5 Å². The molecule has 0 aliphatic carbocycles. The van der Waals surface area contributed by atoms with E-state index >= 15 is 0 Å². The number of benzene rings is 2. The third kappa shape index (κ3) is 7.51. The molecular formula is C23H39N3O4Si3. The fourth-order valence-electron chi connectivity index (χ4n) is 4.10. The highest BCUT2D eigenvalue weighted by Gasteiger charge is 2.37. The van der Waals surface area contributed by atoms with E-state index < -0.39 is 26.6 Å². The second kappa shape index (κ2) is 11.4. The van der Waals surface area contributed by atoms with E-state index in [4.69, 9.17) is 8.23 Å². The first-order valence-corrected chi connectivity index (χ1v) is 19.6. The van der Waals surface area contributed by atoms with Crippen molar-refractivity contribution in [2.75, 3.05) is 0 Å². The molecule has 1 heterocycles. The molecule has 0 fully saturated rings. The van der Waals surface area contributed by atoms with Crippen LogP contribution in [0.1, 0.15) is 26.3 Å². The summed E-state index contributed by atoms with van der Waals surface area (Å²) < 4.78 is 12.8. The van der Waals surface area contributed by atoms with Gasteiger partial charge in [0.1, 0.15) is 38.0 Å². The van der Waals surface area contributed by atoms with Crippen molar-refractivity contribution in [1.29, 1.82) is 0 Å². The van der Waals surface area contributed by atoms with Gasteiger partial charge in [0.15, 0.2) is 8.32 Å². The van der Waals surface area contributed by atoms with Gasteiger partial charge < -0.3 is 18.4 Å². The quantitative estimate of drug-likeness (QED) is 0.310. The topological polar surface area (TPSA) is 89.6 Å². The van der Waals surface area contributed by atoms with Gasteiger partial charge in [-0.2, -0.15) is 0 Å². The Hall–Kier alpha value is -1.99. The lowest BCUT2D eigenvalue weighted by Gasteiger charge is -2.35. The van der Waals surface area contributed by atoms with Crippen LogP contribution >= 0.6 is 0 Å². The molecule has 2 aromatic carbocycles. The molecule has 10 heteroatoms. The highest BCUT2D eigenvalue weighted by Crippen LogP contribution is 2.34. The van der Waals surface area contributed by atoms with Crippen LogP contribution in [0.4, 0.5) is 0 Å². The maximum Gasteiger partial charge on any atom is 0.314 e. The smallest absolute Gasteiger partial charge is 0.314 e. The maximum absolute atomic E-state index is 11.0.